The Morgan fingerprint density at radius 2 is 1.72 bits per heavy atom. The van der Waals surface area contributed by atoms with Crippen LogP contribution in [0.5, 0.6) is 5.75 Å². The third kappa shape index (κ3) is 3.82. The van der Waals surface area contributed by atoms with Crippen molar-refractivity contribution in [1.82, 2.24) is 15.2 Å². The van der Waals surface area contributed by atoms with Crippen molar-refractivity contribution in [3.8, 4) is 5.75 Å². The molecular formula is C23H21N3O3. The molecule has 29 heavy (non-hydrogen) atoms. The third-order valence-corrected chi connectivity index (χ3v) is 4.94. The average Bonchev–Trinajstić information content (AvgIpc) is 2.98. The van der Waals surface area contributed by atoms with Crippen LogP contribution in [0.2, 0.25) is 0 Å². The van der Waals surface area contributed by atoms with E-state index < -0.39 is 11.6 Å². The summed E-state index contributed by atoms with van der Waals surface area (Å²) in [6.07, 6.45) is 1.61. The summed E-state index contributed by atoms with van der Waals surface area (Å²) in [5, 5.41) is 2.77. The summed E-state index contributed by atoms with van der Waals surface area (Å²) in [6, 6.07) is 22.2. The molecule has 1 N–H and O–H groups in total. The Hall–Kier alpha value is -3.67. The van der Waals surface area contributed by atoms with Crippen molar-refractivity contribution in [2.24, 2.45) is 0 Å². The fraction of sp³-hybridized carbons (Fsp3) is 0.174. The Balaban J connectivity index is 1.48. The first-order valence-electron chi connectivity index (χ1n) is 9.37. The fourth-order valence-corrected chi connectivity index (χ4v) is 3.33. The van der Waals surface area contributed by atoms with Crippen molar-refractivity contribution < 1.29 is 14.3 Å². The van der Waals surface area contributed by atoms with Crippen LogP contribution in [0.1, 0.15) is 23.7 Å². The third-order valence-electron chi connectivity index (χ3n) is 4.94. The maximum absolute atomic E-state index is 13.0. The van der Waals surface area contributed by atoms with Gasteiger partial charge in [0.1, 0.15) is 12.4 Å². The molecule has 4 rings (SSSR count). The first-order valence-corrected chi connectivity index (χ1v) is 9.37. The smallest absolute Gasteiger partial charge is 0.325 e. The molecule has 6 heteroatoms. The molecule has 0 aliphatic carbocycles. The zero-order chi connectivity index (χ0) is 20.3. The number of amides is 3. The summed E-state index contributed by atoms with van der Waals surface area (Å²) in [5.41, 5.74) is 1.23. The van der Waals surface area contributed by atoms with Gasteiger partial charge in [0.05, 0.1) is 12.2 Å². The van der Waals surface area contributed by atoms with Crippen LogP contribution in [0.25, 0.3) is 0 Å². The van der Waals surface area contributed by atoms with E-state index in [1.54, 1.807) is 31.3 Å². The zero-order valence-corrected chi connectivity index (χ0v) is 16.0. The van der Waals surface area contributed by atoms with Gasteiger partial charge in [-0.1, -0.05) is 48.5 Å². The fourth-order valence-electron chi connectivity index (χ4n) is 3.33. The molecule has 0 saturated carbocycles. The highest BCUT2D eigenvalue weighted by atomic mass is 16.5. The van der Waals surface area contributed by atoms with Crippen LogP contribution in [-0.2, 0) is 23.5 Å². The predicted octanol–water partition coefficient (Wildman–Crippen LogP) is 3.63. The molecular weight excluding hydrogens is 366 g/mol. The van der Waals surface area contributed by atoms with Crippen molar-refractivity contribution >= 4 is 11.9 Å². The second kappa shape index (κ2) is 7.75. The summed E-state index contributed by atoms with van der Waals surface area (Å²) < 4.78 is 5.85. The number of rotatable bonds is 6. The number of carbonyl (C=O) groups is 2. The van der Waals surface area contributed by atoms with Crippen molar-refractivity contribution in [2.75, 3.05) is 0 Å². The van der Waals surface area contributed by atoms with Crippen LogP contribution in [0, 0.1) is 0 Å². The molecule has 0 bridgehead atoms. The standard InChI is InChI=1S/C23H21N3O3/c1-23(20-12-5-6-13-24-20)21(27)26(22(28)25-23)15-18-10-7-11-19(14-18)29-16-17-8-3-2-4-9-17/h2-14H,15-16H2,1H3,(H,25,28). The van der Waals surface area contributed by atoms with Gasteiger partial charge in [0, 0.05) is 6.20 Å². The van der Waals surface area contributed by atoms with E-state index in [1.165, 1.54) is 4.90 Å². The number of carbonyl (C=O) groups excluding carboxylic acids is 2. The Morgan fingerprint density at radius 1 is 0.966 bits per heavy atom. The summed E-state index contributed by atoms with van der Waals surface area (Å²) in [6.45, 7) is 2.29. The number of pyridine rings is 1. The molecule has 1 aromatic heterocycles. The number of aromatic nitrogens is 1. The van der Waals surface area contributed by atoms with Crippen molar-refractivity contribution in [1.29, 1.82) is 0 Å². The molecule has 1 fully saturated rings. The molecule has 0 spiro atoms. The lowest BCUT2D eigenvalue weighted by molar-refractivity contribution is -0.131. The van der Waals surface area contributed by atoms with E-state index in [0.29, 0.717) is 18.1 Å². The van der Waals surface area contributed by atoms with Crippen molar-refractivity contribution in [3.05, 3.63) is 95.8 Å². The number of hydrogen-bond acceptors (Lipinski definition) is 4. The van der Waals surface area contributed by atoms with Crippen LogP contribution in [-0.4, -0.2) is 21.8 Å². The van der Waals surface area contributed by atoms with E-state index in [4.69, 9.17) is 4.74 Å². The van der Waals surface area contributed by atoms with E-state index in [0.717, 1.165) is 11.1 Å². The molecule has 1 aliphatic heterocycles. The lowest BCUT2D eigenvalue weighted by Gasteiger charge is -2.21. The van der Waals surface area contributed by atoms with Gasteiger partial charge in [-0.25, -0.2) is 4.79 Å². The van der Waals surface area contributed by atoms with Gasteiger partial charge in [-0.15, -0.1) is 0 Å². The van der Waals surface area contributed by atoms with Crippen molar-refractivity contribution in [3.63, 3.8) is 0 Å². The zero-order valence-electron chi connectivity index (χ0n) is 16.0. The molecule has 6 nitrogen and oxygen atoms in total. The first kappa shape index (κ1) is 18.7. The SMILES string of the molecule is CC1(c2ccccn2)NC(=O)N(Cc2cccc(OCc3ccccc3)c2)C1=O. The van der Waals surface area contributed by atoms with E-state index in [1.807, 2.05) is 54.6 Å². The van der Waals surface area contributed by atoms with Gasteiger partial charge in [-0.05, 0) is 42.3 Å². The van der Waals surface area contributed by atoms with E-state index in [2.05, 4.69) is 10.3 Å². The summed E-state index contributed by atoms with van der Waals surface area (Å²) in [7, 11) is 0. The van der Waals surface area contributed by atoms with Crippen molar-refractivity contribution in [2.45, 2.75) is 25.6 Å². The van der Waals surface area contributed by atoms with E-state index >= 15 is 0 Å². The highest BCUT2D eigenvalue weighted by Crippen LogP contribution is 2.28. The lowest BCUT2D eigenvalue weighted by Crippen LogP contribution is -2.41. The Kier molecular flexibility index (Phi) is 4.99. The molecule has 1 atom stereocenters. The van der Waals surface area contributed by atoms with E-state index in [-0.39, 0.29) is 12.5 Å². The highest BCUT2D eigenvalue weighted by Gasteiger charge is 2.49. The monoisotopic (exact) mass is 387 g/mol. The number of nitrogens with zero attached hydrogens (tertiary/aromatic N) is 2. The highest BCUT2D eigenvalue weighted by molar-refractivity contribution is 6.06. The van der Waals surface area contributed by atoms with Crippen LogP contribution in [0.4, 0.5) is 4.79 Å². The molecule has 1 unspecified atom stereocenters. The van der Waals surface area contributed by atoms with Gasteiger partial charge in [-0.3, -0.25) is 14.7 Å². The number of imide groups is 1. The van der Waals surface area contributed by atoms with Crippen LogP contribution in [0.3, 0.4) is 0 Å². The summed E-state index contributed by atoms with van der Waals surface area (Å²) in [5.74, 6) is 0.364. The van der Waals surface area contributed by atoms with Gasteiger partial charge in [-0.2, -0.15) is 0 Å². The number of nitrogens with one attached hydrogen (secondary N) is 1. The van der Waals surface area contributed by atoms with Crippen LogP contribution in [0.15, 0.2) is 79.0 Å². The largest absolute Gasteiger partial charge is 0.489 e. The maximum atomic E-state index is 13.0. The molecule has 3 aromatic rings. The average molecular weight is 387 g/mol. The lowest BCUT2D eigenvalue weighted by atomic mass is 9.97. The maximum Gasteiger partial charge on any atom is 0.325 e. The summed E-state index contributed by atoms with van der Waals surface area (Å²) >= 11 is 0. The topological polar surface area (TPSA) is 71.5 Å². The van der Waals surface area contributed by atoms with Crippen LogP contribution < -0.4 is 10.1 Å². The van der Waals surface area contributed by atoms with Gasteiger partial charge in [0.15, 0.2) is 5.54 Å². The normalized spacial score (nSPS) is 18.6. The first-order chi connectivity index (χ1) is 14.1. The van der Waals surface area contributed by atoms with Crippen LogP contribution >= 0.6 is 0 Å². The quantitative estimate of drug-likeness (QED) is 0.656. The minimum Gasteiger partial charge on any atom is -0.489 e. The molecule has 0 radical (unpaired) electrons. The molecule has 1 saturated heterocycles. The Labute approximate surface area is 169 Å². The number of ether oxygens (including phenoxy) is 1. The molecule has 1 aliphatic rings. The minimum absolute atomic E-state index is 0.162. The van der Waals surface area contributed by atoms with Gasteiger partial charge >= 0.3 is 6.03 Å². The molecule has 2 aromatic carbocycles. The Morgan fingerprint density at radius 3 is 2.48 bits per heavy atom. The predicted molar refractivity (Wildman–Crippen MR) is 108 cm³/mol. The second-order valence-corrected chi connectivity index (χ2v) is 7.08. The Bertz CT molecular complexity index is 1020. The van der Waals surface area contributed by atoms with Gasteiger partial charge < -0.3 is 10.1 Å². The van der Waals surface area contributed by atoms with Gasteiger partial charge in [0.25, 0.3) is 5.91 Å². The molecule has 3 amide bonds. The second-order valence-electron chi connectivity index (χ2n) is 7.08. The van der Waals surface area contributed by atoms with Gasteiger partial charge in [0.2, 0.25) is 0 Å². The minimum atomic E-state index is -1.17. The van der Waals surface area contributed by atoms with E-state index in [9.17, 15) is 9.59 Å². The number of hydrogen-bond donors (Lipinski definition) is 1. The molecule has 2 heterocycles. The number of urea groups is 1. The number of benzene rings is 2. The summed E-state index contributed by atoms with van der Waals surface area (Å²) in [4.78, 5) is 31.0. The molecule has 146 valence electrons.